The van der Waals surface area contributed by atoms with E-state index in [1.54, 1.807) is 30.5 Å². The van der Waals surface area contributed by atoms with Crippen molar-refractivity contribution >= 4 is 28.8 Å². The molecule has 0 saturated carbocycles. The molecule has 0 bridgehead atoms. The van der Waals surface area contributed by atoms with Crippen LogP contribution in [0.3, 0.4) is 0 Å². The summed E-state index contributed by atoms with van der Waals surface area (Å²) in [5.41, 5.74) is 2.12. The third kappa shape index (κ3) is 2.44. The molecule has 0 aliphatic rings. The van der Waals surface area contributed by atoms with Gasteiger partial charge >= 0.3 is 0 Å². The van der Waals surface area contributed by atoms with Gasteiger partial charge in [-0.2, -0.15) is 0 Å². The number of pyridine rings is 1. The minimum Gasteiger partial charge on any atom is -0.321 e. The van der Waals surface area contributed by atoms with Gasteiger partial charge < -0.3 is 9.72 Å². The van der Waals surface area contributed by atoms with Gasteiger partial charge in [-0.05, 0) is 36.4 Å². The van der Waals surface area contributed by atoms with E-state index >= 15 is 0 Å². The highest BCUT2D eigenvalue weighted by molar-refractivity contribution is 6.30. The van der Waals surface area contributed by atoms with E-state index in [4.69, 9.17) is 11.6 Å². The number of nitrogens with one attached hydrogen (secondary N) is 1. The highest BCUT2D eigenvalue weighted by atomic mass is 35.5. The number of anilines is 1. The van der Waals surface area contributed by atoms with Crippen LogP contribution in [0.5, 0.6) is 0 Å². The topological polar surface area (TPSA) is 46.4 Å². The molecule has 3 aromatic rings. The van der Waals surface area contributed by atoms with Crippen molar-refractivity contribution in [3.05, 3.63) is 65.6 Å². The van der Waals surface area contributed by atoms with Gasteiger partial charge in [0.05, 0.1) is 5.69 Å². The van der Waals surface area contributed by atoms with Gasteiger partial charge in [0.25, 0.3) is 5.91 Å². The summed E-state index contributed by atoms with van der Waals surface area (Å²) in [6, 6.07) is 10.4. The van der Waals surface area contributed by atoms with E-state index in [1.165, 1.54) is 0 Å². The fraction of sp³-hybridized carbons (Fsp3) is 0. The predicted molar refractivity (Wildman–Crippen MR) is 74.6 cm³/mol. The van der Waals surface area contributed by atoms with Crippen LogP contribution in [0.15, 0.2) is 55.0 Å². The van der Waals surface area contributed by atoms with Crippen molar-refractivity contribution in [3.63, 3.8) is 0 Å². The number of amides is 1. The summed E-state index contributed by atoms with van der Waals surface area (Å²) >= 11 is 5.79. The smallest absolute Gasteiger partial charge is 0.255 e. The lowest BCUT2D eigenvalue weighted by atomic mass is 10.2. The van der Waals surface area contributed by atoms with Crippen LogP contribution in [0.1, 0.15) is 10.4 Å². The van der Waals surface area contributed by atoms with E-state index in [0.717, 1.165) is 5.65 Å². The number of benzene rings is 1. The Hall–Kier alpha value is -2.33. The predicted octanol–water partition coefficient (Wildman–Crippen LogP) is 3.24. The molecule has 2 aromatic heterocycles. The number of hydrogen-bond donors (Lipinski definition) is 1. The maximum atomic E-state index is 12.0. The Labute approximate surface area is 114 Å². The highest BCUT2D eigenvalue weighted by Crippen LogP contribution is 2.13. The zero-order valence-electron chi connectivity index (χ0n) is 9.88. The number of halogens is 1. The van der Waals surface area contributed by atoms with Crippen LogP contribution >= 0.6 is 11.6 Å². The summed E-state index contributed by atoms with van der Waals surface area (Å²) in [7, 11) is 0. The number of fused-ring (bicyclic) bond motifs is 1. The fourth-order valence-electron chi connectivity index (χ4n) is 1.80. The largest absolute Gasteiger partial charge is 0.321 e. The molecule has 1 amide bonds. The molecule has 0 aliphatic carbocycles. The Morgan fingerprint density at radius 1 is 1.16 bits per heavy atom. The molecule has 19 heavy (non-hydrogen) atoms. The van der Waals surface area contributed by atoms with E-state index in [1.807, 2.05) is 28.9 Å². The third-order valence-corrected chi connectivity index (χ3v) is 3.01. The number of carbonyl (C=O) groups excluding carboxylic acids is 1. The maximum Gasteiger partial charge on any atom is 0.255 e. The van der Waals surface area contributed by atoms with Crippen molar-refractivity contribution in [2.24, 2.45) is 0 Å². The number of carbonyl (C=O) groups is 1. The van der Waals surface area contributed by atoms with Crippen molar-refractivity contribution in [3.8, 4) is 0 Å². The summed E-state index contributed by atoms with van der Waals surface area (Å²) in [6.45, 7) is 0. The van der Waals surface area contributed by atoms with Gasteiger partial charge in [0.1, 0.15) is 5.65 Å². The minimum absolute atomic E-state index is 0.170. The van der Waals surface area contributed by atoms with E-state index in [0.29, 0.717) is 16.3 Å². The Balaban J connectivity index is 1.83. The minimum atomic E-state index is -0.170. The SMILES string of the molecule is O=C(Nc1ccc2nccn2c1)c1ccc(Cl)cc1. The van der Waals surface area contributed by atoms with Gasteiger partial charge in [0, 0.05) is 29.2 Å². The van der Waals surface area contributed by atoms with Crippen LogP contribution in [-0.4, -0.2) is 15.3 Å². The number of aromatic nitrogens is 2. The molecule has 2 heterocycles. The molecule has 0 spiro atoms. The first kappa shape index (κ1) is 11.7. The first-order valence-electron chi connectivity index (χ1n) is 5.72. The quantitative estimate of drug-likeness (QED) is 0.778. The molecule has 0 saturated heterocycles. The molecule has 4 nitrogen and oxygen atoms in total. The van der Waals surface area contributed by atoms with Gasteiger partial charge in [-0.3, -0.25) is 4.79 Å². The number of hydrogen-bond acceptors (Lipinski definition) is 2. The standard InChI is InChI=1S/C14H10ClN3O/c15-11-3-1-10(2-4-11)14(19)17-12-5-6-13-16-7-8-18(13)9-12/h1-9H,(H,17,19). The summed E-state index contributed by atoms with van der Waals surface area (Å²) in [5.74, 6) is -0.170. The Bertz CT molecular complexity index is 734. The molecular formula is C14H10ClN3O. The van der Waals surface area contributed by atoms with E-state index in [2.05, 4.69) is 10.3 Å². The van der Waals surface area contributed by atoms with Crippen molar-refractivity contribution in [1.29, 1.82) is 0 Å². The van der Waals surface area contributed by atoms with Crippen LogP contribution in [0.2, 0.25) is 5.02 Å². The molecule has 1 aromatic carbocycles. The van der Waals surface area contributed by atoms with Gasteiger partial charge in [-0.25, -0.2) is 4.98 Å². The lowest BCUT2D eigenvalue weighted by Crippen LogP contribution is -2.12. The van der Waals surface area contributed by atoms with Crippen molar-refractivity contribution in [2.75, 3.05) is 5.32 Å². The molecule has 0 aliphatic heterocycles. The van der Waals surface area contributed by atoms with Crippen molar-refractivity contribution in [1.82, 2.24) is 9.38 Å². The summed E-state index contributed by atoms with van der Waals surface area (Å²) in [4.78, 5) is 16.2. The Morgan fingerprint density at radius 3 is 2.74 bits per heavy atom. The zero-order chi connectivity index (χ0) is 13.2. The lowest BCUT2D eigenvalue weighted by molar-refractivity contribution is 0.102. The average molecular weight is 272 g/mol. The molecule has 0 radical (unpaired) electrons. The second-order valence-corrected chi connectivity index (χ2v) is 4.51. The lowest BCUT2D eigenvalue weighted by Gasteiger charge is -2.06. The molecule has 0 unspecified atom stereocenters. The first-order chi connectivity index (χ1) is 9.22. The second kappa shape index (κ2) is 4.74. The van der Waals surface area contributed by atoms with Crippen molar-refractivity contribution < 1.29 is 4.79 Å². The van der Waals surface area contributed by atoms with Gasteiger partial charge in [0.2, 0.25) is 0 Å². The molecule has 94 valence electrons. The number of rotatable bonds is 2. The Kier molecular flexibility index (Phi) is 2.93. The maximum absolute atomic E-state index is 12.0. The van der Waals surface area contributed by atoms with Crippen LogP contribution in [0.4, 0.5) is 5.69 Å². The van der Waals surface area contributed by atoms with Gasteiger partial charge in [-0.1, -0.05) is 11.6 Å². The van der Waals surface area contributed by atoms with Gasteiger partial charge in [0.15, 0.2) is 0 Å². The van der Waals surface area contributed by atoms with E-state index in [-0.39, 0.29) is 5.91 Å². The normalized spacial score (nSPS) is 10.6. The molecular weight excluding hydrogens is 262 g/mol. The molecule has 1 N–H and O–H groups in total. The number of nitrogens with zero attached hydrogens (tertiary/aromatic N) is 2. The van der Waals surface area contributed by atoms with E-state index < -0.39 is 0 Å². The van der Waals surface area contributed by atoms with Crippen LogP contribution < -0.4 is 5.32 Å². The average Bonchev–Trinajstić information content (AvgIpc) is 2.87. The Morgan fingerprint density at radius 2 is 1.95 bits per heavy atom. The zero-order valence-corrected chi connectivity index (χ0v) is 10.6. The summed E-state index contributed by atoms with van der Waals surface area (Å²) < 4.78 is 1.84. The highest BCUT2D eigenvalue weighted by Gasteiger charge is 2.06. The molecule has 0 fully saturated rings. The molecule has 0 atom stereocenters. The molecule has 3 rings (SSSR count). The van der Waals surface area contributed by atoms with Crippen LogP contribution in [-0.2, 0) is 0 Å². The fourth-order valence-corrected chi connectivity index (χ4v) is 1.92. The number of imidazole rings is 1. The first-order valence-corrected chi connectivity index (χ1v) is 6.10. The van der Waals surface area contributed by atoms with Crippen LogP contribution in [0.25, 0.3) is 5.65 Å². The molecule has 5 heteroatoms. The summed E-state index contributed by atoms with van der Waals surface area (Å²) in [5, 5.41) is 3.44. The third-order valence-electron chi connectivity index (χ3n) is 2.75. The second-order valence-electron chi connectivity index (χ2n) is 4.07. The summed E-state index contributed by atoms with van der Waals surface area (Å²) in [6.07, 6.45) is 5.35. The van der Waals surface area contributed by atoms with E-state index in [9.17, 15) is 4.79 Å². The monoisotopic (exact) mass is 271 g/mol. The van der Waals surface area contributed by atoms with Gasteiger partial charge in [-0.15, -0.1) is 0 Å². The van der Waals surface area contributed by atoms with Crippen LogP contribution in [0, 0.1) is 0 Å². The van der Waals surface area contributed by atoms with Crippen molar-refractivity contribution in [2.45, 2.75) is 0 Å².